The Labute approximate surface area is 141 Å². The summed E-state index contributed by atoms with van der Waals surface area (Å²) < 4.78 is 16.1. The Morgan fingerprint density at radius 1 is 1.17 bits per heavy atom. The van der Waals surface area contributed by atoms with Crippen LogP contribution in [0.1, 0.15) is 31.7 Å². The Balaban J connectivity index is 1.52. The van der Waals surface area contributed by atoms with E-state index in [1.165, 1.54) is 5.56 Å². The molecule has 0 aromatic heterocycles. The van der Waals surface area contributed by atoms with Crippen molar-refractivity contribution in [3.05, 3.63) is 48.0 Å². The minimum atomic E-state index is -0.222. The fraction of sp³-hybridized carbons (Fsp3) is 0.316. The summed E-state index contributed by atoms with van der Waals surface area (Å²) in [5.41, 5.74) is 1.93. The van der Waals surface area contributed by atoms with Crippen molar-refractivity contribution in [2.75, 3.05) is 18.7 Å². The second-order valence-corrected chi connectivity index (χ2v) is 5.78. The molecule has 1 atom stereocenters. The number of rotatable bonds is 6. The summed E-state index contributed by atoms with van der Waals surface area (Å²) in [6, 6.07) is 13.2. The van der Waals surface area contributed by atoms with Crippen LogP contribution in [0.2, 0.25) is 0 Å². The van der Waals surface area contributed by atoms with Crippen LogP contribution in [0.4, 0.5) is 5.69 Å². The fourth-order valence-corrected chi connectivity index (χ4v) is 2.45. The van der Waals surface area contributed by atoms with E-state index < -0.39 is 0 Å². The van der Waals surface area contributed by atoms with E-state index in [4.69, 9.17) is 14.2 Å². The van der Waals surface area contributed by atoms with Gasteiger partial charge < -0.3 is 19.5 Å². The summed E-state index contributed by atoms with van der Waals surface area (Å²) in [6.45, 7) is 4.52. The quantitative estimate of drug-likeness (QED) is 0.873. The van der Waals surface area contributed by atoms with E-state index in [0.717, 1.165) is 6.42 Å². The molecule has 0 aliphatic carbocycles. The van der Waals surface area contributed by atoms with Crippen molar-refractivity contribution in [3.63, 3.8) is 0 Å². The molecule has 3 rings (SSSR count). The Morgan fingerprint density at radius 3 is 2.67 bits per heavy atom. The van der Waals surface area contributed by atoms with Crippen LogP contribution in [0.5, 0.6) is 17.2 Å². The van der Waals surface area contributed by atoms with Crippen molar-refractivity contribution < 1.29 is 19.0 Å². The van der Waals surface area contributed by atoms with Gasteiger partial charge in [-0.05, 0) is 42.2 Å². The standard InChI is InChI=1S/C19H21NO4/c1-3-13(2)14-4-7-16(8-5-14)22-11-19(21)20-15-6-9-17-18(10-15)24-12-23-17/h4-10,13H,3,11-12H2,1-2H3,(H,20,21)/t13-/m1/s1. The molecule has 0 saturated carbocycles. The maximum Gasteiger partial charge on any atom is 0.262 e. The molecule has 5 heteroatoms. The number of amides is 1. The maximum atomic E-state index is 12.0. The molecule has 1 aliphatic rings. The van der Waals surface area contributed by atoms with E-state index in [0.29, 0.717) is 28.9 Å². The highest BCUT2D eigenvalue weighted by Gasteiger charge is 2.14. The molecule has 1 amide bonds. The lowest BCUT2D eigenvalue weighted by Crippen LogP contribution is -2.20. The zero-order valence-corrected chi connectivity index (χ0v) is 13.9. The van der Waals surface area contributed by atoms with Gasteiger partial charge in [0.05, 0.1) is 0 Å². The summed E-state index contributed by atoms with van der Waals surface area (Å²) in [5, 5.41) is 2.78. The predicted octanol–water partition coefficient (Wildman–Crippen LogP) is 3.95. The van der Waals surface area contributed by atoms with E-state index in [1.807, 2.05) is 24.3 Å². The topological polar surface area (TPSA) is 56.8 Å². The average Bonchev–Trinajstić information content (AvgIpc) is 3.07. The number of nitrogens with one attached hydrogen (secondary N) is 1. The van der Waals surface area contributed by atoms with Crippen LogP contribution in [0.15, 0.2) is 42.5 Å². The molecular formula is C19H21NO4. The predicted molar refractivity (Wildman–Crippen MR) is 91.8 cm³/mol. The summed E-state index contributed by atoms with van der Waals surface area (Å²) in [7, 11) is 0. The van der Waals surface area contributed by atoms with Gasteiger partial charge in [-0.1, -0.05) is 26.0 Å². The molecule has 24 heavy (non-hydrogen) atoms. The number of carbonyl (C=O) groups excluding carboxylic acids is 1. The van der Waals surface area contributed by atoms with Gasteiger partial charge in [0.15, 0.2) is 18.1 Å². The first-order valence-electron chi connectivity index (χ1n) is 8.08. The highest BCUT2D eigenvalue weighted by atomic mass is 16.7. The van der Waals surface area contributed by atoms with E-state index in [2.05, 4.69) is 19.2 Å². The van der Waals surface area contributed by atoms with Crippen LogP contribution >= 0.6 is 0 Å². The summed E-state index contributed by atoms with van der Waals surface area (Å²) >= 11 is 0. The van der Waals surface area contributed by atoms with E-state index in [9.17, 15) is 4.79 Å². The number of benzene rings is 2. The summed E-state index contributed by atoms with van der Waals surface area (Å²) in [5.74, 6) is 2.30. The molecule has 2 aromatic carbocycles. The highest BCUT2D eigenvalue weighted by Crippen LogP contribution is 2.34. The number of hydrogen-bond donors (Lipinski definition) is 1. The molecule has 0 saturated heterocycles. The van der Waals surface area contributed by atoms with Crippen LogP contribution in [-0.2, 0) is 4.79 Å². The van der Waals surface area contributed by atoms with Crippen LogP contribution in [0.3, 0.4) is 0 Å². The lowest BCUT2D eigenvalue weighted by molar-refractivity contribution is -0.118. The molecule has 126 valence electrons. The maximum absolute atomic E-state index is 12.0. The van der Waals surface area contributed by atoms with Crippen molar-refractivity contribution >= 4 is 11.6 Å². The third-order valence-corrected chi connectivity index (χ3v) is 4.09. The van der Waals surface area contributed by atoms with Crippen molar-refractivity contribution in [2.45, 2.75) is 26.2 Å². The molecule has 1 N–H and O–H groups in total. The second kappa shape index (κ2) is 7.25. The average molecular weight is 327 g/mol. The Bertz CT molecular complexity index is 712. The summed E-state index contributed by atoms with van der Waals surface area (Å²) in [4.78, 5) is 12.0. The first kappa shape index (κ1) is 16.2. The van der Waals surface area contributed by atoms with Gasteiger partial charge in [-0.3, -0.25) is 4.79 Å². The van der Waals surface area contributed by atoms with Gasteiger partial charge >= 0.3 is 0 Å². The molecule has 1 aliphatic heterocycles. The zero-order valence-electron chi connectivity index (χ0n) is 13.9. The van der Waals surface area contributed by atoms with Crippen molar-refractivity contribution in [1.82, 2.24) is 0 Å². The number of ether oxygens (including phenoxy) is 3. The van der Waals surface area contributed by atoms with E-state index >= 15 is 0 Å². The van der Waals surface area contributed by atoms with Gasteiger partial charge in [0.1, 0.15) is 5.75 Å². The molecule has 5 nitrogen and oxygen atoms in total. The van der Waals surface area contributed by atoms with Crippen molar-refractivity contribution in [1.29, 1.82) is 0 Å². The number of carbonyl (C=O) groups is 1. The first-order chi connectivity index (χ1) is 11.7. The molecule has 0 radical (unpaired) electrons. The zero-order chi connectivity index (χ0) is 16.9. The number of anilines is 1. The normalized spacial score (nSPS) is 13.4. The van der Waals surface area contributed by atoms with Crippen LogP contribution in [0.25, 0.3) is 0 Å². The number of fused-ring (bicyclic) bond motifs is 1. The first-order valence-corrected chi connectivity index (χ1v) is 8.08. The lowest BCUT2D eigenvalue weighted by atomic mass is 9.99. The van der Waals surface area contributed by atoms with Crippen molar-refractivity contribution in [2.24, 2.45) is 0 Å². The Morgan fingerprint density at radius 2 is 1.92 bits per heavy atom. The van der Waals surface area contributed by atoms with Crippen LogP contribution < -0.4 is 19.5 Å². The molecule has 0 spiro atoms. The van der Waals surface area contributed by atoms with Gasteiger partial charge in [-0.2, -0.15) is 0 Å². The van der Waals surface area contributed by atoms with Gasteiger partial charge in [-0.15, -0.1) is 0 Å². The lowest BCUT2D eigenvalue weighted by Gasteiger charge is -2.11. The van der Waals surface area contributed by atoms with Crippen LogP contribution in [-0.4, -0.2) is 19.3 Å². The smallest absolute Gasteiger partial charge is 0.262 e. The highest BCUT2D eigenvalue weighted by molar-refractivity contribution is 5.92. The molecule has 2 aromatic rings. The fourth-order valence-electron chi connectivity index (χ4n) is 2.45. The number of hydrogen-bond acceptors (Lipinski definition) is 4. The molecule has 1 heterocycles. The van der Waals surface area contributed by atoms with Gasteiger partial charge in [0.25, 0.3) is 5.91 Å². The minimum Gasteiger partial charge on any atom is -0.484 e. The molecule has 0 unspecified atom stereocenters. The molecular weight excluding hydrogens is 306 g/mol. The van der Waals surface area contributed by atoms with Gasteiger partial charge in [0.2, 0.25) is 6.79 Å². The van der Waals surface area contributed by atoms with Crippen LogP contribution in [0, 0.1) is 0 Å². The third kappa shape index (κ3) is 3.79. The molecule has 0 fully saturated rings. The van der Waals surface area contributed by atoms with E-state index in [-0.39, 0.29) is 19.3 Å². The summed E-state index contributed by atoms with van der Waals surface area (Å²) in [6.07, 6.45) is 1.10. The minimum absolute atomic E-state index is 0.0445. The SMILES string of the molecule is CC[C@@H](C)c1ccc(OCC(=O)Nc2ccc3c(c2)OCO3)cc1. The Hall–Kier alpha value is -2.69. The van der Waals surface area contributed by atoms with Gasteiger partial charge in [0, 0.05) is 11.8 Å². The Kier molecular flexibility index (Phi) is 4.89. The largest absolute Gasteiger partial charge is 0.484 e. The monoisotopic (exact) mass is 327 g/mol. The second-order valence-electron chi connectivity index (χ2n) is 5.78. The third-order valence-electron chi connectivity index (χ3n) is 4.09. The van der Waals surface area contributed by atoms with Crippen molar-refractivity contribution in [3.8, 4) is 17.2 Å². The molecule has 0 bridgehead atoms. The van der Waals surface area contributed by atoms with E-state index in [1.54, 1.807) is 18.2 Å². The van der Waals surface area contributed by atoms with Gasteiger partial charge in [-0.25, -0.2) is 0 Å².